The molecule has 0 amide bonds. The number of aliphatic carboxylic acids is 1. The van der Waals surface area contributed by atoms with Crippen molar-refractivity contribution in [2.75, 3.05) is 38.6 Å². The molecule has 1 saturated heterocycles. The van der Waals surface area contributed by atoms with Crippen molar-refractivity contribution in [1.82, 2.24) is 10.2 Å². The molecular formula is C20H33N3O2. The average Bonchev–Trinajstić information content (AvgIpc) is 2.59. The zero-order chi connectivity index (χ0) is 18.4. The first-order valence-corrected chi connectivity index (χ1v) is 9.24. The number of likely N-dealkylation sites (tertiary alicyclic amines) is 1. The van der Waals surface area contributed by atoms with Crippen molar-refractivity contribution in [3.05, 3.63) is 29.8 Å². The van der Waals surface area contributed by atoms with Gasteiger partial charge in [-0.3, -0.25) is 4.79 Å². The van der Waals surface area contributed by atoms with E-state index in [4.69, 9.17) is 0 Å². The molecule has 2 rings (SSSR count). The summed E-state index contributed by atoms with van der Waals surface area (Å²) in [7, 11) is 4.38. The number of benzene rings is 1. The van der Waals surface area contributed by atoms with E-state index in [1.165, 1.54) is 24.1 Å². The van der Waals surface area contributed by atoms with Gasteiger partial charge in [-0.15, -0.1) is 0 Å². The van der Waals surface area contributed by atoms with Gasteiger partial charge in [-0.05, 0) is 71.4 Å². The van der Waals surface area contributed by atoms with Crippen molar-refractivity contribution >= 4 is 11.7 Å². The number of nitrogens with zero attached hydrogens (tertiary/aromatic N) is 2. The fraction of sp³-hybridized carbons (Fsp3) is 0.650. The summed E-state index contributed by atoms with van der Waals surface area (Å²) in [6, 6.07) is 9.11. The molecular weight excluding hydrogens is 314 g/mol. The molecule has 140 valence electrons. The number of anilines is 1. The Balaban J connectivity index is 1.92. The van der Waals surface area contributed by atoms with Crippen LogP contribution in [0.2, 0.25) is 0 Å². The highest BCUT2D eigenvalue weighted by atomic mass is 16.4. The number of nitrogens with one attached hydrogen (secondary N) is 1. The van der Waals surface area contributed by atoms with Crippen LogP contribution in [0.15, 0.2) is 24.3 Å². The Hall–Kier alpha value is -1.59. The van der Waals surface area contributed by atoms with Crippen LogP contribution in [-0.4, -0.2) is 55.7 Å². The summed E-state index contributed by atoms with van der Waals surface area (Å²) in [6.45, 7) is 7.32. The molecule has 1 aliphatic rings. The van der Waals surface area contributed by atoms with E-state index in [1.54, 1.807) is 13.8 Å². The summed E-state index contributed by atoms with van der Waals surface area (Å²) in [5.74, 6) is -0.739. The van der Waals surface area contributed by atoms with E-state index >= 15 is 0 Å². The molecule has 0 bridgehead atoms. The highest BCUT2D eigenvalue weighted by Gasteiger charge is 2.26. The molecule has 0 atom stereocenters. The molecule has 2 N–H and O–H groups in total. The summed E-state index contributed by atoms with van der Waals surface area (Å²) < 4.78 is 0. The van der Waals surface area contributed by atoms with E-state index in [-0.39, 0.29) is 0 Å². The Morgan fingerprint density at radius 1 is 1.32 bits per heavy atom. The number of carboxylic acids is 1. The maximum absolute atomic E-state index is 11.2. The van der Waals surface area contributed by atoms with Gasteiger partial charge >= 0.3 is 5.97 Å². The van der Waals surface area contributed by atoms with Crippen molar-refractivity contribution in [2.24, 2.45) is 5.41 Å². The SMILES string of the molecule is CN1CCC(N(C)c2ccccc2CNCCC(C)(C)C(=O)O)CC1. The quantitative estimate of drug-likeness (QED) is 0.708. The minimum atomic E-state index is -0.739. The third-order valence-electron chi connectivity index (χ3n) is 5.43. The third-order valence-corrected chi connectivity index (χ3v) is 5.43. The Labute approximate surface area is 152 Å². The smallest absolute Gasteiger partial charge is 0.309 e. The molecule has 5 nitrogen and oxygen atoms in total. The standard InChI is InChI=1S/C20H33N3O2/c1-20(2,19(24)25)11-12-21-15-16-7-5-6-8-18(16)23(4)17-9-13-22(3)14-10-17/h5-8,17,21H,9-15H2,1-4H3,(H,24,25). The summed E-state index contributed by atoms with van der Waals surface area (Å²) in [5.41, 5.74) is 1.87. The minimum Gasteiger partial charge on any atom is -0.481 e. The van der Waals surface area contributed by atoms with Gasteiger partial charge in [-0.25, -0.2) is 0 Å². The van der Waals surface area contributed by atoms with Crippen LogP contribution >= 0.6 is 0 Å². The fourth-order valence-electron chi connectivity index (χ4n) is 3.31. The summed E-state index contributed by atoms with van der Waals surface area (Å²) in [6.07, 6.45) is 3.01. The number of carbonyl (C=O) groups is 1. The van der Waals surface area contributed by atoms with Gasteiger partial charge in [0, 0.05) is 25.3 Å². The first-order chi connectivity index (χ1) is 11.8. The fourth-order valence-corrected chi connectivity index (χ4v) is 3.31. The van der Waals surface area contributed by atoms with Gasteiger partial charge in [-0.2, -0.15) is 0 Å². The summed E-state index contributed by atoms with van der Waals surface area (Å²) >= 11 is 0. The lowest BCUT2D eigenvalue weighted by Crippen LogP contribution is -2.42. The Morgan fingerprint density at radius 3 is 2.60 bits per heavy atom. The van der Waals surface area contributed by atoms with Crippen LogP contribution in [0, 0.1) is 5.41 Å². The second-order valence-corrected chi connectivity index (χ2v) is 7.89. The molecule has 25 heavy (non-hydrogen) atoms. The molecule has 1 aliphatic heterocycles. The zero-order valence-corrected chi connectivity index (χ0v) is 16.1. The van der Waals surface area contributed by atoms with Crippen molar-refractivity contribution < 1.29 is 9.90 Å². The van der Waals surface area contributed by atoms with E-state index < -0.39 is 11.4 Å². The average molecular weight is 348 g/mol. The van der Waals surface area contributed by atoms with Gasteiger partial charge < -0.3 is 20.2 Å². The first kappa shape index (κ1) is 19.7. The predicted molar refractivity (Wildman–Crippen MR) is 103 cm³/mol. The largest absolute Gasteiger partial charge is 0.481 e. The molecule has 0 unspecified atom stereocenters. The zero-order valence-electron chi connectivity index (χ0n) is 16.1. The molecule has 0 spiro atoms. The van der Waals surface area contributed by atoms with E-state index in [1.807, 2.05) is 0 Å². The van der Waals surface area contributed by atoms with E-state index in [9.17, 15) is 9.90 Å². The molecule has 1 aromatic rings. The number of carboxylic acid groups (broad SMARTS) is 1. The molecule has 0 radical (unpaired) electrons. The van der Waals surface area contributed by atoms with Crippen LogP contribution < -0.4 is 10.2 Å². The van der Waals surface area contributed by atoms with Gasteiger partial charge in [0.15, 0.2) is 0 Å². The van der Waals surface area contributed by atoms with Crippen LogP contribution in [0.1, 0.15) is 38.7 Å². The Bertz CT molecular complexity index is 566. The first-order valence-electron chi connectivity index (χ1n) is 9.24. The van der Waals surface area contributed by atoms with Crippen molar-refractivity contribution in [1.29, 1.82) is 0 Å². The van der Waals surface area contributed by atoms with Crippen LogP contribution in [-0.2, 0) is 11.3 Å². The van der Waals surface area contributed by atoms with Crippen molar-refractivity contribution in [3.8, 4) is 0 Å². The highest BCUT2D eigenvalue weighted by molar-refractivity contribution is 5.73. The maximum Gasteiger partial charge on any atom is 0.309 e. The normalized spacial score (nSPS) is 16.8. The van der Waals surface area contributed by atoms with Gasteiger partial charge in [-0.1, -0.05) is 18.2 Å². The van der Waals surface area contributed by atoms with E-state index in [0.717, 1.165) is 19.6 Å². The summed E-state index contributed by atoms with van der Waals surface area (Å²) in [4.78, 5) is 16.0. The second kappa shape index (κ2) is 8.68. The monoisotopic (exact) mass is 347 g/mol. The van der Waals surface area contributed by atoms with Crippen LogP contribution in [0.4, 0.5) is 5.69 Å². The Morgan fingerprint density at radius 2 is 1.96 bits per heavy atom. The number of piperidine rings is 1. The number of para-hydroxylation sites is 1. The van der Waals surface area contributed by atoms with Gasteiger partial charge in [0.2, 0.25) is 0 Å². The Kier molecular flexibility index (Phi) is 6.85. The van der Waals surface area contributed by atoms with E-state index in [0.29, 0.717) is 19.0 Å². The molecule has 1 aromatic carbocycles. The number of hydrogen-bond donors (Lipinski definition) is 2. The van der Waals surface area contributed by atoms with Gasteiger partial charge in [0.05, 0.1) is 5.41 Å². The molecule has 0 saturated carbocycles. The van der Waals surface area contributed by atoms with Crippen molar-refractivity contribution in [3.63, 3.8) is 0 Å². The molecule has 0 aromatic heterocycles. The van der Waals surface area contributed by atoms with Crippen LogP contribution in [0.5, 0.6) is 0 Å². The van der Waals surface area contributed by atoms with Gasteiger partial charge in [0.1, 0.15) is 0 Å². The lowest BCUT2D eigenvalue weighted by Gasteiger charge is -2.37. The van der Waals surface area contributed by atoms with E-state index in [2.05, 4.69) is 53.5 Å². The summed E-state index contributed by atoms with van der Waals surface area (Å²) in [5, 5.41) is 12.6. The number of rotatable bonds is 8. The van der Waals surface area contributed by atoms with Crippen molar-refractivity contribution in [2.45, 2.75) is 45.7 Å². The molecule has 0 aliphatic carbocycles. The highest BCUT2D eigenvalue weighted by Crippen LogP contribution is 2.25. The van der Waals surface area contributed by atoms with Gasteiger partial charge in [0.25, 0.3) is 0 Å². The minimum absolute atomic E-state index is 0.586. The predicted octanol–water partition coefficient (Wildman–Crippen LogP) is 2.81. The lowest BCUT2D eigenvalue weighted by atomic mass is 9.90. The molecule has 1 heterocycles. The lowest BCUT2D eigenvalue weighted by molar-refractivity contribution is -0.147. The molecule has 1 fully saturated rings. The molecule has 5 heteroatoms. The van der Waals surface area contributed by atoms with Crippen LogP contribution in [0.3, 0.4) is 0 Å². The number of hydrogen-bond acceptors (Lipinski definition) is 4. The third kappa shape index (κ3) is 5.44. The maximum atomic E-state index is 11.2. The van der Waals surface area contributed by atoms with Crippen LogP contribution in [0.25, 0.3) is 0 Å². The topological polar surface area (TPSA) is 55.8 Å². The second-order valence-electron chi connectivity index (χ2n) is 7.89.